The van der Waals surface area contributed by atoms with Crippen molar-refractivity contribution >= 4 is 33.3 Å². The largest absolute Gasteiger partial charge is 0.488 e. The minimum atomic E-state index is -0.811. The third kappa shape index (κ3) is 3.81. The quantitative estimate of drug-likeness (QED) is 0.488. The lowest BCUT2D eigenvalue weighted by molar-refractivity contribution is 0.123. The second kappa shape index (κ2) is 8.23. The molecule has 1 aliphatic rings. The molecule has 2 heterocycles. The summed E-state index contributed by atoms with van der Waals surface area (Å²) < 4.78 is 20.5. The number of aryl methyl sites for hydroxylation is 2. The van der Waals surface area contributed by atoms with Gasteiger partial charge in [-0.25, -0.2) is 9.37 Å². The van der Waals surface area contributed by atoms with E-state index in [-0.39, 0.29) is 17.9 Å². The van der Waals surface area contributed by atoms with E-state index in [1.807, 2.05) is 0 Å². The van der Waals surface area contributed by atoms with Crippen molar-refractivity contribution in [1.29, 1.82) is 0 Å². The van der Waals surface area contributed by atoms with E-state index >= 15 is 0 Å². The predicted octanol–water partition coefficient (Wildman–Crippen LogP) is 3.54. The van der Waals surface area contributed by atoms with Crippen molar-refractivity contribution < 1.29 is 14.2 Å². The van der Waals surface area contributed by atoms with Gasteiger partial charge in [0.1, 0.15) is 11.4 Å². The van der Waals surface area contributed by atoms with Crippen molar-refractivity contribution in [3.05, 3.63) is 50.9 Å². The van der Waals surface area contributed by atoms with Crippen LogP contribution in [0, 0.1) is 5.82 Å². The topological polar surface area (TPSA) is 64.3 Å². The minimum Gasteiger partial charge on any atom is -0.488 e. The molecule has 3 aromatic rings. The maximum Gasteiger partial charge on any atom is 0.262 e. The Morgan fingerprint density at radius 3 is 2.96 bits per heavy atom. The molecule has 28 heavy (non-hydrogen) atoms. The smallest absolute Gasteiger partial charge is 0.262 e. The summed E-state index contributed by atoms with van der Waals surface area (Å²) in [6, 6.07) is 6.09. The summed E-state index contributed by atoms with van der Waals surface area (Å²) in [4.78, 5) is 19.6. The SMILES string of the molecule is Cn1c(SC[C@H](O)COc2ccccc2F)nc2sc3c(c2c1=O)CCCC3. The molecular weight excluding hydrogens is 399 g/mol. The number of aliphatic hydroxyl groups is 1. The molecule has 0 bridgehead atoms. The Morgan fingerprint density at radius 2 is 2.14 bits per heavy atom. The number of thioether (sulfide) groups is 1. The Kier molecular flexibility index (Phi) is 5.70. The highest BCUT2D eigenvalue weighted by Gasteiger charge is 2.21. The van der Waals surface area contributed by atoms with E-state index in [0.717, 1.165) is 35.9 Å². The summed E-state index contributed by atoms with van der Waals surface area (Å²) in [6.45, 7) is -0.0303. The van der Waals surface area contributed by atoms with Gasteiger partial charge in [-0.05, 0) is 43.4 Å². The van der Waals surface area contributed by atoms with Crippen LogP contribution in [0.2, 0.25) is 0 Å². The van der Waals surface area contributed by atoms with Crippen LogP contribution in [-0.4, -0.2) is 33.1 Å². The van der Waals surface area contributed by atoms with Crippen LogP contribution in [0.15, 0.2) is 34.2 Å². The number of hydrogen-bond donors (Lipinski definition) is 1. The molecule has 0 fully saturated rings. The van der Waals surface area contributed by atoms with Gasteiger partial charge in [-0.1, -0.05) is 23.9 Å². The Balaban J connectivity index is 1.46. The van der Waals surface area contributed by atoms with Crippen LogP contribution in [0.3, 0.4) is 0 Å². The molecular formula is C20H21FN2O3S2. The van der Waals surface area contributed by atoms with Gasteiger partial charge in [-0.15, -0.1) is 11.3 Å². The van der Waals surface area contributed by atoms with E-state index in [4.69, 9.17) is 4.74 Å². The Morgan fingerprint density at radius 1 is 1.36 bits per heavy atom. The lowest BCUT2D eigenvalue weighted by Gasteiger charge is -2.13. The highest BCUT2D eigenvalue weighted by Crippen LogP contribution is 2.34. The number of benzene rings is 1. The molecule has 5 nitrogen and oxygen atoms in total. The van der Waals surface area contributed by atoms with Crippen LogP contribution in [0.4, 0.5) is 4.39 Å². The van der Waals surface area contributed by atoms with E-state index in [0.29, 0.717) is 10.9 Å². The molecule has 0 saturated heterocycles. The molecule has 1 N–H and O–H groups in total. The second-order valence-electron chi connectivity index (χ2n) is 6.86. The zero-order valence-electron chi connectivity index (χ0n) is 15.5. The van der Waals surface area contributed by atoms with Crippen molar-refractivity contribution in [2.45, 2.75) is 36.9 Å². The fraction of sp³-hybridized carbons (Fsp3) is 0.400. The van der Waals surface area contributed by atoms with E-state index in [9.17, 15) is 14.3 Å². The van der Waals surface area contributed by atoms with Gasteiger partial charge in [0.15, 0.2) is 16.7 Å². The summed E-state index contributed by atoms with van der Waals surface area (Å²) in [6.07, 6.45) is 3.44. The average Bonchev–Trinajstić information content (AvgIpc) is 3.07. The van der Waals surface area contributed by atoms with Crippen molar-refractivity contribution in [1.82, 2.24) is 9.55 Å². The number of thiophene rings is 1. The molecule has 1 atom stereocenters. The summed E-state index contributed by atoms with van der Waals surface area (Å²) in [5.74, 6) is -0.0492. The third-order valence-corrected chi connectivity index (χ3v) is 7.19. The molecule has 0 unspecified atom stereocenters. The lowest BCUT2D eigenvalue weighted by Crippen LogP contribution is -2.23. The standard InChI is InChI=1S/C20H21FN2O3S2/c1-23-19(25)17-13-6-2-5-9-16(13)28-18(17)22-20(23)27-11-12(24)10-26-15-8-4-3-7-14(15)21/h3-4,7-8,12,24H,2,5-6,9-11H2,1H3/t12-/m1/s1. The number of aliphatic hydroxyl groups excluding tert-OH is 1. The van der Waals surface area contributed by atoms with Crippen LogP contribution in [0.5, 0.6) is 5.75 Å². The van der Waals surface area contributed by atoms with Gasteiger partial charge in [0.2, 0.25) is 0 Å². The molecule has 148 valence electrons. The Hall–Kier alpha value is -1.90. The number of halogens is 1. The lowest BCUT2D eigenvalue weighted by atomic mass is 9.97. The molecule has 4 rings (SSSR count). The van der Waals surface area contributed by atoms with Gasteiger partial charge in [0.05, 0.1) is 11.5 Å². The zero-order valence-corrected chi connectivity index (χ0v) is 17.1. The van der Waals surface area contributed by atoms with Crippen molar-refractivity contribution in [2.75, 3.05) is 12.4 Å². The first-order valence-electron chi connectivity index (χ1n) is 9.24. The molecule has 0 radical (unpaired) electrons. The molecule has 0 amide bonds. The second-order valence-corrected chi connectivity index (χ2v) is 8.93. The fourth-order valence-electron chi connectivity index (χ4n) is 3.36. The molecule has 8 heteroatoms. The predicted molar refractivity (Wildman–Crippen MR) is 110 cm³/mol. The van der Waals surface area contributed by atoms with Gasteiger partial charge in [0, 0.05) is 17.7 Å². The number of rotatable bonds is 6. The van der Waals surface area contributed by atoms with Gasteiger partial charge in [-0.3, -0.25) is 9.36 Å². The first kappa shape index (κ1) is 19.4. The molecule has 0 saturated carbocycles. The summed E-state index contributed by atoms with van der Waals surface area (Å²) in [5.41, 5.74) is 1.15. The molecule has 1 aliphatic carbocycles. The van der Waals surface area contributed by atoms with Crippen LogP contribution in [0.25, 0.3) is 10.2 Å². The Labute approximate surface area is 170 Å². The van der Waals surface area contributed by atoms with Crippen molar-refractivity contribution in [3.63, 3.8) is 0 Å². The maximum atomic E-state index is 13.6. The van der Waals surface area contributed by atoms with Crippen molar-refractivity contribution in [2.24, 2.45) is 7.05 Å². The third-order valence-electron chi connectivity index (χ3n) is 4.83. The number of para-hydroxylation sites is 1. The summed E-state index contributed by atoms with van der Waals surface area (Å²) in [7, 11) is 1.71. The average molecular weight is 421 g/mol. The van der Waals surface area contributed by atoms with Gasteiger partial charge >= 0.3 is 0 Å². The van der Waals surface area contributed by atoms with Gasteiger partial charge in [-0.2, -0.15) is 0 Å². The number of aromatic nitrogens is 2. The van der Waals surface area contributed by atoms with E-state index in [1.54, 1.807) is 35.1 Å². The molecule has 1 aromatic carbocycles. The molecule has 2 aromatic heterocycles. The van der Waals surface area contributed by atoms with E-state index in [2.05, 4.69) is 4.98 Å². The fourth-order valence-corrected chi connectivity index (χ4v) is 5.54. The first-order valence-corrected chi connectivity index (χ1v) is 11.0. The van der Waals surface area contributed by atoms with Crippen LogP contribution in [0.1, 0.15) is 23.3 Å². The summed E-state index contributed by atoms with van der Waals surface area (Å²) >= 11 is 2.92. The highest BCUT2D eigenvalue weighted by molar-refractivity contribution is 7.99. The molecule has 0 spiro atoms. The van der Waals surface area contributed by atoms with E-state index in [1.165, 1.54) is 34.3 Å². The van der Waals surface area contributed by atoms with Crippen molar-refractivity contribution in [3.8, 4) is 5.75 Å². The van der Waals surface area contributed by atoms with Crippen LogP contribution in [-0.2, 0) is 19.9 Å². The molecule has 0 aliphatic heterocycles. The zero-order chi connectivity index (χ0) is 19.7. The minimum absolute atomic E-state index is 0.0241. The van der Waals surface area contributed by atoms with E-state index < -0.39 is 11.9 Å². The number of nitrogens with zero attached hydrogens (tertiary/aromatic N) is 2. The summed E-state index contributed by atoms with van der Waals surface area (Å²) in [5, 5.41) is 11.5. The number of fused-ring (bicyclic) bond motifs is 3. The van der Waals surface area contributed by atoms with Crippen LogP contribution >= 0.6 is 23.1 Å². The normalized spacial score (nSPS) is 14.8. The monoisotopic (exact) mass is 420 g/mol. The number of hydrogen-bond acceptors (Lipinski definition) is 6. The van der Waals surface area contributed by atoms with Gasteiger partial charge in [0.25, 0.3) is 5.56 Å². The highest BCUT2D eigenvalue weighted by atomic mass is 32.2. The number of ether oxygens (including phenoxy) is 1. The van der Waals surface area contributed by atoms with Crippen LogP contribution < -0.4 is 10.3 Å². The first-order chi connectivity index (χ1) is 13.5. The van der Waals surface area contributed by atoms with Gasteiger partial charge < -0.3 is 9.84 Å². The maximum absolute atomic E-state index is 13.6. The Bertz CT molecular complexity index is 1060.